The van der Waals surface area contributed by atoms with E-state index in [9.17, 15) is 8.42 Å². The summed E-state index contributed by atoms with van der Waals surface area (Å²) in [6.45, 7) is 8.30. The molecule has 1 saturated carbocycles. The number of rotatable bonds is 9. The minimum absolute atomic E-state index is 0.283. The second-order valence-corrected chi connectivity index (χ2v) is 8.69. The van der Waals surface area contributed by atoms with Gasteiger partial charge in [-0.3, -0.25) is 0 Å². The number of hydrogen-bond acceptors (Lipinski definition) is 3. The Morgan fingerprint density at radius 2 is 1.94 bits per heavy atom. The fraction of sp³-hybridized carbons (Fsp3) is 1.00. The molecule has 1 aliphatic carbocycles. The molecule has 0 bridgehead atoms. The number of nitrogens with one attached hydrogen (secondary N) is 1. The molecule has 0 spiro atoms. The van der Waals surface area contributed by atoms with E-state index in [1.54, 1.807) is 6.92 Å². The molecule has 108 valence electrons. The Hall–Kier alpha value is -0.0900. The smallest absolute Gasteiger partial charge is 0.150 e. The van der Waals surface area contributed by atoms with E-state index in [0.717, 1.165) is 25.9 Å². The van der Waals surface area contributed by atoms with Gasteiger partial charge in [0.05, 0.1) is 5.75 Å². The van der Waals surface area contributed by atoms with Crippen LogP contribution in [0.15, 0.2) is 0 Å². The van der Waals surface area contributed by atoms with Crippen molar-refractivity contribution >= 4 is 9.84 Å². The van der Waals surface area contributed by atoms with Gasteiger partial charge in [0, 0.05) is 12.3 Å². The Balaban J connectivity index is 2.28. The molecule has 1 N–H and O–H groups in total. The average Bonchev–Trinajstić information content (AvgIpc) is 2.24. The van der Waals surface area contributed by atoms with E-state index < -0.39 is 9.84 Å². The van der Waals surface area contributed by atoms with E-state index in [1.165, 1.54) is 19.3 Å². The van der Waals surface area contributed by atoms with E-state index in [2.05, 4.69) is 19.2 Å². The zero-order valence-corrected chi connectivity index (χ0v) is 13.0. The van der Waals surface area contributed by atoms with Crippen LogP contribution in [-0.2, 0) is 9.84 Å². The number of sulfone groups is 1. The molecule has 1 rings (SSSR count). The highest BCUT2D eigenvalue weighted by Crippen LogP contribution is 2.44. The lowest BCUT2D eigenvalue weighted by Gasteiger charge is -2.42. The molecule has 0 aliphatic heterocycles. The summed E-state index contributed by atoms with van der Waals surface area (Å²) in [5.41, 5.74) is 0.401. The van der Waals surface area contributed by atoms with Gasteiger partial charge in [0.15, 0.2) is 0 Å². The van der Waals surface area contributed by atoms with Crippen molar-refractivity contribution in [2.45, 2.75) is 52.9 Å². The molecule has 0 aromatic rings. The van der Waals surface area contributed by atoms with Crippen molar-refractivity contribution in [2.24, 2.45) is 11.3 Å². The van der Waals surface area contributed by atoms with Gasteiger partial charge < -0.3 is 5.32 Å². The maximum atomic E-state index is 11.5. The minimum Gasteiger partial charge on any atom is -0.316 e. The molecule has 0 heterocycles. The molecule has 0 atom stereocenters. The summed E-state index contributed by atoms with van der Waals surface area (Å²) in [4.78, 5) is 0. The van der Waals surface area contributed by atoms with Crippen molar-refractivity contribution in [2.75, 3.05) is 24.6 Å². The molecule has 1 fully saturated rings. The van der Waals surface area contributed by atoms with Gasteiger partial charge in [0.2, 0.25) is 0 Å². The van der Waals surface area contributed by atoms with E-state index in [1.807, 2.05) is 0 Å². The van der Waals surface area contributed by atoms with Crippen LogP contribution in [0.25, 0.3) is 0 Å². The average molecular weight is 275 g/mol. The zero-order chi connectivity index (χ0) is 13.6. The van der Waals surface area contributed by atoms with Crippen molar-refractivity contribution < 1.29 is 8.42 Å². The second kappa shape index (κ2) is 6.90. The van der Waals surface area contributed by atoms with Gasteiger partial charge >= 0.3 is 0 Å². The number of hydrogen-bond donors (Lipinski definition) is 1. The fourth-order valence-electron chi connectivity index (χ4n) is 2.63. The predicted molar refractivity (Wildman–Crippen MR) is 77.6 cm³/mol. The van der Waals surface area contributed by atoms with Crippen LogP contribution in [0.1, 0.15) is 52.9 Å². The minimum atomic E-state index is -2.78. The second-order valence-electron chi connectivity index (χ2n) is 6.22. The van der Waals surface area contributed by atoms with Crippen LogP contribution in [-0.4, -0.2) is 33.0 Å². The standard InChI is InChI=1S/C14H29NO2S/c1-4-18(16,17)10-6-9-14(7-5-8-14)12-15-11-13(2)3/h13,15H,4-12H2,1-3H3. The van der Waals surface area contributed by atoms with Crippen LogP contribution in [0.3, 0.4) is 0 Å². The Morgan fingerprint density at radius 3 is 2.39 bits per heavy atom. The van der Waals surface area contributed by atoms with Gasteiger partial charge in [0.1, 0.15) is 9.84 Å². The Morgan fingerprint density at radius 1 is 1.28 bits per heavy atom. The van der Waals surface area contributed by atoms with Crippen LogP contribution in [0.2, 0.25) is 0 Å². The summed E-state index contributed by atoms with van der Waals surface area (Å²) in [6, 6.07) is 0. The van der Waals surface area contributed by atoms with E-state index in [-0.39, 0.29) is 5.75 Å². The SMILES string of the molecule is CCS(=O)(=O)CCCC1(CNCC(C)C)CCC1. The normalized spacial score (nSPS) is 18.9. The monoisotopic (exact) mass is 275 g/mol. The Bertz CT molecular complexity index is 332. The molecule has 0 radical (unpaired) electrons. The molecule has 0 saturated heterocycles. The van der Waals surface area contributed by atoms with Crippen LogP contribution in [0, 0.1) is 11.3 Å². The highest BCUT2D eigenvalue weighted by Gasteiger charge is 2.36. The third-order valence-corrected chi connectivity index (χ3v) is 5.86. The molecule has 0 aromatic heterocycles. The third kappa shape index (κ3) is 5.27. The predicted octanol–water partition coefficient (Wildman–Crippen LogP) is 2.62. The van der Waals surface area contributed by atoms with Crippen molar-refractivity contribution in [1.82, 2.24) is 5.32 Å². The molecule has 18 heavy (non-hydrogen) atoms. The highest BCUT2D eigenvalue weighted by atomic mass is 32.2. The molecular weight excluding hydrogens is 246 g/mol. The molecule has 3 nitrogen and oxygen atoms in total. The maximum absolute atomic E-state index is 11.5. The van der Waals surface area contributed by atoms with Crippen LogP contribution < -0.4 is 5.32 Å². The van der Waals surface area contributed by atoms with Gasteiger partial charge in [-0.05, 0) is 43.6 Å². The lowest BCUT2D eigenvalue weighted by molar-refractivity contribution is 0.115. The van der Waals surface area contributed by atoms with Gasteiger partial charge in [-0.25, -0.2) is 8.42 Å². The largest absolute Gasteiger partial charge is 0.316 e. The quantitative estimate of drug-likeness (QED) is 0.703. The molecule has 0 amide bonds. The molecule has 0 aromatic carbocycles. The molecular formula is C14H29NO2S. The summed E-state index contributed by atoms with van der Waals surface area (Å²) in [5.74, 6) is 1.34. The van der Waals surface area contributed by atoms with Crippen LogP contribution in [0.5, 0.6) is 0 Å². The fourth-order valence-corrected chi connectivity index (χ4v) is 3.50. The van der Waals surface area contributed by atoms with Gasteiger partial charge in [-0.1, -0.05) is 27.2 Å². The summed E-state index contributed by atoms with van der Waals surface area (Å²) in [5, 5.41) is 3.54. The molecule has 0 unspecified atom stereocenters. The lowest BCUT2D eigenvalue weighted by Crippen LogP contribution is -2.41. The Kier molecular flexibility index (Phi) is 6.12. The summed E-state index contributed by atoms with van der Waals surface area (Å²) < 4.78 is 23.0. The first-order valence-corrected chi connectivity index (χ1v) is 9.12. The van der Waals surface area contributed by atoms with E-state index in [4.69, 9.17) is 0 Å². The van der Waals surface area contributed by atoms with Crippen molar-refractivity contribution in [3.8, 4) is 0 Å². The van der Waals surface area contributed by atoms with Gasteiger partial charge in [0.25, 0.3) is 0 Å². The molecule has 1 aliphatic rings. The van der Waals surface area contributed by atoms with Crippen molar-refractivity contribution in [3.05, 3.63) is 0 Å². The van der Waals surface area contributed by atoms with Crippen LogP contribution >= 0.6 is 0 Å². The summed E-state index contributed by atoms with van der Waals surface area (Å²) in [6.07, 6.45) is 5.75. The summed E-state index contributed by atoms with van der Waals surface area (Å²) in [7, 11) is -2.78. The van der Waals surface area contributed by atoms with E-state index >= 15 is 0 Å². The third-order valence-electron chi connectivity index (χ3n) is 4.07. The highest BCUT2D eigenvalue weighted by molar-refractivity contribution is 7.91. The Labute approximate surface area is 113 Å². The topological polar surface area (TPSA) is 46.2 Å². The summed E-state index contributed by atoms with van der Waals surface area (Å²) >= 11 is 0. The van der Waals surface area contributed by atoms with Gasteiger partial charge in [-0.15, -0.1) is 0 Å². The van der Waals surface area contributed by atoms with Gasteiger partial charge in [-0.2, -0.15) is 0 Å². The first-order valence-electron chi connectivity index (χ1n) is 7.30. The van der Waals surface area contributed by atoms with E-state index in [0.29, 0.717) is 17.1 Å². The van der Waals surface area contributed by atoms with Crippen molar-refractivity contribution in [1.29, 1.82) is 0 Å². The molecule has 4 heteroatoms. The van der Waals surface area contributed by atoms with Crippen LogP contribution in [0.4, 0.5) is 0 Å². The zero-order valence-electron chi connectivity index (χ0n) is 12.2. The van der Waals surface area contributed by atoms with Crippen molar-refractivity contribution in [3.63, 3.8) is 0 Å². The maximum Gasteiger partial charge on any atom is 0.150 e. The first kappa shape index (κ1) is 16.0. The first-order chi connectivity index (χ1) is 8.39. The lowest BCUT2D eigenvalue weighted by atomic mass is 9.66.